The molecule has 0 aliphatic carbocycles. The van der Waals surface area contributed by atoms with Gasteiger partial charge in [0.2, 0.25) is 20.7 Å². The van der Waals surface area contributed by atoms with Gasteiger partial charge in [0.05, 0.1) is 11.2 Å². The van der Waals surface area contributed by atoms with Crippen molar-refractivity contribution in [1.82, 2.24) is 4.98 Å². The van der Waals surface area contributed by atoms with Crippen LogP contribution < -0.4 is 5.32 Å². The van der Waals surface area contributed by atoms with E-state index in [1.54, 1.807) is 42.5 Å². The Labute approximate surface area is 139 Å². The van der Waals surface area contributed by atoms with Crippen LogP contribution in [0.4, 0.5) is 5.88 Å². The molecule has 0 radical (unpaired) electrons. The van der Waals surface area contributed by atoms with Gasteiger partial charge in [-0.2, -0.15) is 4.98 Å². The number of anilines is 1. The molecular formula is C17H16N2O4S. The van der Waals surface area contributed by atoms with E-state index >= 15 is 0 Å². The number of nitrogens with zero attached hydrogens (tertiary/aromatic N) is 1. The van der Waals surface area contributed by atoms with Crippen LogP contribution in [0.2, 0.25) is 0 Å². The van der Waals surface area contributed by atoms with Crippen molar-refractivity contribution in [2.75, 3.05) is 11.9 Å². The van der Waals surface area contributed by atoms with Crippen molar-refractivity contribution < 1.29 is 17.3 Å². The Hall–Kier alpha value is -2.80. The Bertz CT molecular complexity index is 939. The third kappa shape index (κ3) is 2.98. The van der Waals surface area contributed by atoms with Crippen LogP contribution in [0, 0.1) is 6.92 Å². The van der Waals surface area contributed by atoms with Crippen LogP contribution in [0.3, 0.4) is 0 Å². The SMILES string of the molecule is C=CCNc1oc(-c2ccco2)nc1S(=O)(=O)c1ccc(C)cc1. The van der Waals surface area contributed by atoms with Gasteiger partial charge in [0, 0.05) is 6.54 Å². The Morgan fingerprint density at radius 2 is 2.00 bits per heavy atom. The van der Waals surface area contributed by atoms with E-state index in [-0.39, 0.29) is 21.7 Å². The molecule has 3 aromatic rings. The highest BCUT2D eigenvalue weighted by Crippen LogP contribution is 2.32. The van der Waals surface area contributed by atoms with Gasteiger partial charge in [-0.1, -0.05) is 23.8 Å². The third-order valence-electron chi connectivity index (χ3n) is 3.32. The molecule has 1 aromatic carbocycles. The van der Waals surface area contributed by atoms with Crippen molar-refractivity contribution in [3.8, 4) is 11.7 Å². The summed E-state index contributed by atoms with van der Waals surface area (Å²) in [5, 5.41) is 2.68. The first kappa shape index (κ1) is 16.1. The Morgan fingerprint density at radius 1 is 1.25 bits per heavy atom. The fraction of sp³-hybridized carbons (Fsp3) is 0.118. The summed E-state index contributed by atoms with van der Waals surface area (Å²) in [5.74, 6) is 0.501. The van der Waals surface area contributed by atoms with Crippen molar-refractivity contribution in [1.29, 1.82) is 0 Å². The third-order valence-corrected chi connectivity index (χ3v) is 5.00. The van der Waals surface area contributed by atoms with Crippen LogP contribution in [-0.2, 0) is 9.84 Å². The van der Waals surface area contributed by atoms with Crippen LogP contribution in [0.25, 0.3) is 11.7 Å². The maximum Gasteiger partial charge on any atom is 0.266 e. The maximum absolute atomic E-state index is 12.9. The monoisotopic (exact) mass is 344 g/mol. The molecule has 0 amide bonds. The van der Waals surface area contributed by atoms with Crippen molar-refractivity contribution in [3.05, 3.63) is 60.9 Å². The summed E-state index contributed by atoms with van der Waals surface area (Å²) in [6.45, 7) is 5.82. The van der Waals surface area contributed by atoms with E-state index in [0.717, 1.165) is 5.56 Å². The van der Waals surface area contributed by atoms with Gasteiger partial charge in [-0.15, -0.1) is 6.58 Å². The maximum atomic E-state index is 12.9. The number of nitrogens with one attached hydrogen (secondary N) is 1. The number of rotatable bonds is 6. The highest BCUT2D eigenvalue weighted by atomic mass is 32.2. The molecule has 3 rings (SSSR count). The summed E-state index contributed by atoms with van der Waals surface area (Å²) in [7, 11) is -3.83. The number of sulfone groups is 1. The predicted molar refractivity (Wildman–Crippen MR) is 89.5 cm³/mol. The van der Waals surface area contributed by atoms with Gasteiger partial charge in [0.25, 0.3) is 5.89 Å². The van der Waals surface area contributed by atoms with Crippen molar-refractivity contribution in [3.63, 3.8) is 0 Å². The Kier molecular flexibility index (Phi) is 4.26. The first-order valence-corrected chi connectivity index (χ1v) is 8.72. The highest BCUT2D eigenvalue weighted by Gasteiger charge is 2.28. The minimum Gasteiger partial charge on any atom is -0.459 e. The number of benzene rings is 1. The minimum absolute atomic E-state index is 0.0573. The van der Waals surface area contributed by atoms with E-state index in [0.29, 0.717) is 12.3 Å². The second-order valence-electron chi connectivity index (χ2n) is 5.12. The lowest BCUT2D eigenvalue weighted by atomic mass is 10.2. The zero-order chi connectivity index (χ0) is 17.2. The molecule has 24 heavy (non-hydrogen) atoms. The molecule has 0 spiro atoms. The van der Waals surface area contributed by atoms with Gasteiger partial charge in [-0.05, 0) is 31.2 Å². The van der Waals surface area contributed by atoms with Crippen molar-refractivity contribution in [2.24, 2.45) is 0 Å². The summed E-state index contributed by atoms with van der Waals surface area (Å²) in [5.41, 5.74) is 0.968. The molecule has 1 N–H and O–H groups in total. The molecule has 0 fully saturated rings. The molecule has 0 saturated heterocycles. The average molecular weight is 344 g/mol. The molecule has 2 heterocycles. The van der Waals surface area contributed by atoms with Gasteiger partial charge >= 0.3 is 0 Å². The van der Waals surface area contributed by atoms with Crippen LogP contribution >= 0.6 is 0 Å². The lowest BCUT2D eigenvalue weighted by Crippen LogP contribution is -2.07. The topological polar surface area (TPSA) is 85.3 Å². The molecule has 0 bridgehead atoms. The largest absolute Gasteiger partial charge is 0.459 e. The normalized spacial score (nSPS) is 11.4. The Morgan fingerprint density at radius 3 is 2.62 bits per heavy atom. The van der Waals surface area contributed by atoms with Crippen LogP contribution in [0.1, 0.15) is 5.56 Å². The summed E-state index contributed by atoms with van der Waals surface area (Å²) in [6.07, 6.45) is 3.06. The molecule has 124 valence electrons. The summed E-state index contributed by atoms with van der Waals surface area (Å²) in [4.78, 5) is 4.28. The number of aryl methyl sites for hydroxylation is 1. The minimum atomic E-state index is -3.83. The van der Waals surface area contributed by atoms with Crippen molar-refractivity contribution >= 4 is 15.7 Å². The molecule has 2 aromatic heterocycles. The number of oxazole rings is 1. The van der Waals surface area contributed by atoms with Crippen LogP contribution in [0.5, 0.6) is 0 Å². The summed E-state index contributed by atoms with van der Waals surface area (Å²) in [6, 6.07) is 9.87. The average Bonchev–Trinajstić information content (AvgIpc) is 3.22. The van der Waals surface area contributed by atoms with Gasteiger partial charge < -0.3 is 14.2 Å². The van der Waals surface area contributed by atoms with Crippen molar-refractivity contribution in [2.45, 2.75) is 16.8 Å². The number of aromatic nitrogens is 1. The molecule has 6 nitrogen and oxygen atoms in total. The number of hydrogen-bond acceptors (Lipinski definition) is 6. The summed E-state index contributed by atoms with van der Waals surface area (Å²) < 4.78 is 36.6. The van der Waals surface area contributed by atoms with E-state index in [1.165, 1.54) is 6.26 Å². The number of furan rings is 1. The van der Waals surface area contributed by atoms with E-state index in [1.807, 2.05) is 6.92 Å². The first-order chi connectivity index (χ1) is 11.5. The lowest BCUT2D eigenvalue weighted by molar-refractivity contribution is 0.523. The number of hydrogen-bond donors (Lipinski definition) is 1. The van der Waals surface area contributed by atoms with Crippen LogP contribution in [-0.4, -0.2) is 19.9 Å². The van der Waals surface area contributed by atoms with Gasteiger partial charge in [-0.3, -0.25) is 0 Å². The molecule has 0 saturated carbocycles. The van der Waals surface area contributed by atoms with Gasteiger partial charge in [0.1, 0.15) is 0 Å². The second-order valence-corrected chi connectivity index (χ2v) is 6.98. The standard InChI is InChI=1S/C17H16N2O4S/c1-3-10-18-16-17(19-15(23-16)14-5-4-11-22-14)24(20,21)13-8-6-12(2)7-9-13/h3-9,11,18H,1,10H2,2H3. The van der Waals surface area contributed by atoms with E-state index in [2.05, 4.69) is 16.9 Å². The second kappa shape index (κ2) is 6.37. The molecule has 0 aliphatic rings. The fourth-order valence-electron chi connectivity index (χ4n) is 2.10. The summed E-state index contributed by atoms with van der Waals surface area (Å²) >= 11 is 0. The predicted octanol–water partition coefficient (Wildman–Crippen LogP) is 3.67. The first-order valence-electron chi connectivity index (χ1n) is 7.23. The zero-order valence-electron chi connectivity index (χ0n) is 13.0. The van der Waals surface area contributed by atoms with E-state index < -0.39 is 9.84 Å². The molecule has 0 atom stereocenters. The van der Waals surface area contributed by atoms with Gasteiger partial charge in [-0.25, -0.2) is 8.42 Å². The lowest BCUT2D eigenvalue weighted by Gasteiger charge is -2.04. The molecule has 7 heteroatoms. The van der Waals surface area contributed by atoms with Gasteiger partial charge in [0.15, 0.2) is 5.76 Å². The highest BCUT2D eigenvalue weighted by molar-refractivity contribution is 7.91. The smallest absolute Gasteiger partial charge is 0.266 e. The van der Waals surface area contributed by atoms with E-state index in [9.17, 15) is 8.42 Å². The molecular weight excluding hydrogens is 328 g/mol. The molecule has 0 unspecified atom stereocenters. The quantitative estimate of drug-likeness (QED) is 0.687. The van der Waals surface area contributed by atoms with E-state index in [4.69, 9.17) is 8.83 Å². The zero-order valence-corrected chi connectivity index (χ0v) is 13.8. The molecule has 0 aliphatic heterocycles. The fourth-order valence-corrected chi connectivity index (χ4v) is 3.38. The van der Waals surface area contributed by atoms with Crippen LogP contribution in [0.15, 0.2) is 74.1 Å². The Balaban J connectivity index is 2.10.